The third-order valence-corrected chi connectivity index (χ3v) is 8.01. The predicted octanol–water partition coefficient (Wildman–Crippen LogP) is 3.73. The van der Waals surface area contributed by atoms with Gasteiger partial charge in [-0.25, -0.2) is 0 Å². The summed E-state index contributed by atoms with van der Waals surface area (Å²) < 4.78 is 5.45. The van der Waals surface area contributed by atoms with Crippen molar-refractivity contribution in [2.24, 2.45) is 17.3 Å². The molecule has 3 fully saturated rings. The Morgan fingerprint density at radius 1 is 1.24 bits per heavy atom. The van der Waals surface area contributed by atoms with E-state index in [0.717, 1.165) is 42.4 Å². The van der Waals surface area contributed by atoms with Gasteiger partial charge in [-0.3, -0.25) is 4.79 Å². The number of amides is 1. The maximum Gasteiger partial charge on any atom is 0.230 e. The van der Waals surface area contributed by atoms with Gasteiger partial charge in [0.2, 0.25) is 5.91 Å². The summed E-state index contributed by atoms with van der Waals surface area (Å²) in [4.78, 5) is 16.6. The molecule has 2 saturated heterocycles. The number of thioether (sulfide) groups is 1. The van der Waals surface area contributed by atoms with Gasteiger partial charge >= 0.3 is 0 Å². The Kier molecular flexibility index (Phi) is 5.11. The number of fused-ring (bicyclic) bond motifs is 1. The average Bonchev–Trinajstić information content (AvgIpc) is 3.18. The maximum atomic E-state index is 13.2. The fraction of sp³-hybridized carbons (Fsp3) is 0.800. The van der Waals surface area contributed by atoms with E-state index in [9.17, 15) is 10.1 Å². The molecule has 1 saturated carbocycles. The standard InChI is InChI=1S/C20H28N2O2S/c21-14-20(7-10-24-11-8-20)18-12-16(13-25-18)19(23)22-9-3-5-15-4-1-2-6-17(15)22/h12,15-17H,1-11,13H2. The molecular formula is C20H28N2O2S. The van der Waals surface area contributed by atoms with E-state index in [4.69, 9.17) is 4.74 Å². The first kappa shape index (κ1) is 17.4. The summed E-state index contributed by atoms with van der Waals surface area (Å²) in [7, 11) is 0. The molecule has 4 nitrogen and oxygen atoms in total. The summed E-state index contributed by atoms with van der Waals surface area (Å²) in [6.07, 6.45) is 11.2. The van der Waals surface area contributed by atoms with Crippen molar-refractivity contribution >= 4 is 17.7 Å². The molecule has 25 heavy (non-hydrogen) atoms. The number of carbonyl (C=O) groups excluding carboxylic acids is 1. The molecule has 3 heterocycles. The molecule has 0 aromatic heterocycles. The van der Waals surface area contributed by atoms with Crippen LogP contribution in [0.3, 0.4) is 0 Å². The second kappa shape index (κ2) is 7.32. The molecule has 0 N–H and O–H groups in total. The van der Waals surface area contributed by atoms with Gasteiger partial charge in [-0.2, -0.15) is 5.26 Å². The van der Waals surface area contributed by atoms with E-state index in [1.54, 1.807) is 11.8 Å². The molecule has 1 aliphatic carbocycles. The number of nitrogens with zero attached hydrogens (tertiary/aromatic N) is 2. The van der Waals surface area contributed by atoms with Gasteiger partial charge in [-0.1, -0.05) is 18.9 Å². The highest BCUT2D eigenvalue weighted by molar-refractivity contribution is 8.03. The summed E-state index contributed by atoms with van der Waals surface area (Å²) in [6.45, 7) is 2.24. The van der Waals surface area contributed by atoms with Crippen LogP contribution in [-0.4, -0.2) is 42.4 Å². The van der Waals surface area contributed by atoms with Crippen molar-refractivity contribution in [2.75, 3.05) is 25.5 Å². The molecule has 4 aliphatic rings. The third kappa shape index (κ3) is 3.24. The molecule has 0 spiro atoms. The van der Waals surface area contributed by atoms with Crippen molar-refractivity contribution < 1.29 is 9.53 Å². The zero-order chi connectivity index (χ0) is 17.3. The summed E-state index contributed by atoms with van der Waals surface area (Å²) >= 11 is 1.74. The number of ether oxygens (including phenoxy) is 1. The van der Waals surface area contributed by atoms with Gasteiger partial charge in [0.25, 0.3) is 0 Å². The molecule has 0 aromatic rings. The van der Waals surface area contributed by atoms with Gasteiger partial charge in [-0.05, 0) is 44.4 Å². The largest absolute Gasteiger partial charge is 0.381 e. The molecular weight excluding hydrogens is 332 g/mol. The number of hydrogen-bond donors (Lipinski definition) is 0. The number of nitriles is 1. The van der Waals surface area contributed by atoms with E-state index in [0.29, 0.717) is 25.2 Å². The molecule has 3 aliphatic heterocycles. The van der Waals surface area contributed by atoms with Crippen LogP contribution in [0.5, 0.6) is 0 Å². The van der Waals surface area contributed by atoms with Crippen molar-refractivity contribution in [1.29, 1.82) is 5.26 Å². The van der Waals surface area contributed by atoms with Crippen LogP contribution in [0.1, 0.15) is 51.4 Å². The molecule has 0 radical (unpaired) electrons. The SMILES string of the molecule is N#CC1(C2=CC(C(=O)N3CCCC4CCCCC43)CS2)CCOCC1. The molecule has 3 atom stereocenters. The second-order valence-corrected chi connectivity index (χ2v) is 9.10. The van der Waals surface area contributed by atoms with E-state index >= 15 is 0 Å². The van der Waals surface area contributed by atoms with Gasteiger partial charge in [0.15, 0.2) is 0 Å². The zero-order valence-corrected chi connectivity index (χ0v) is 15.7. The Hall–Kier alpha value is -0.990. The zero-order valence-electron chi connectivity index (χ0n) is 14.9. The molecule has 5 heteroatoms. The molecule has 4 rings (SSSR count). The fourth-order valence-electron chi connectivity index (χ4n) is 5.14. The van der Waals surface area contributed by atoms with Crippen LogP contribution in [0.25, 0.3) is 0 Å². The summed E-state index contributed by atoms with van der Waals surface area (Å²) in [5.41, 5.74) is -0.410. The fourth-order valence-corrected chi connectivity index (χ4v) is 6.53. The van der Waals surface area contributed by atoms with Crippen LogP contribution in [0.15, 0.2) is 11.0 Å². The first-order chi connectivity index (χ1) is 12.2. The monoisotopic (exact) mass is 360 g/mol. The van der Waals surface area contributed by atoms with Gasteiger partial charge in [0.05, 0.1) is 17.4 Å². The third-order valence-electron chi connectivity index (χ3n) is 6.65. The molecule has 0 bridgehead atoms. The Labute approximate surface area is 155 Å². The first-order valence-electron chi connectivity index (χ1n) is 9.88. The second-order valence-electron chi connectivity index (χ2n) is 8.04. The highest BCUT2D eigenvalue weighted by atomic mass is 32.2. The Bertz CT molecular complexity index is 589. The van der Waals surface area contributed by atoms with Crippen LogP contribution < -0.4 is 0 Å². The van der Waals surface area contributed by atoms with Gasteiger partial charge in [0, 0.05) is 36.5 Å². The van der Waals surface area contributed by atoms with Gasteiger partial charge in [0.1, 0.15) is 0 Å². The van der Waals surface area contributed by atoms with Crippen molar-refractivity contribution in [2.45, 2.75) is 57.4 Å². The smallest absolute Gasteiger partial charge is 0.230 e. The van der Waals surface area contributed by atoms with Crippen LogP contribution in [0.2, 0.25) is 0 Å². The van der Waals surface area contributed by atoms with E-state index in [-0.39, 0.29) is 5.92 Å². The van der Waals surface area contributed by atoms with Crippen molar-refractivity contribution in [3.05, 3.63) is 11.0 Å². The van der Waals surface area contributed by atoms with Crippen molar-refractivity contribution in [3.63, 3.8) is 0 Å². The Morgan fingerprint density at radius 2 is 2.00 bits per heavy atom. The number of piperidine rings is 1. The summed E-state index contributed by atoms with van der Waals surface area (Å²) in [6, 6.07) is 3.03. The van der Waals surface area contributed by atoms with Gasteiger partial charge < -0.3 is 9.64 Å². The van der Waals surface area contributed by atoms with Crippen LogP contribution >= 0.6 is 11.8 Å². The number of rotatable bonds is 2. The topological polar surface area (TPSA) is 53.3 Å². The minimum atomic E-state index is -0.410. The maximum absolute atomic E-state index is 13.2. The van der Waals surface area contributed by atoms with E-state index in [1.807, 2.05) is 0 Å². The number of allylic oxidation sites excluding steroid dienone is 1. The van der Waals surface area contributed by atoms with Crippen LogP contribution in [0, 0.1) is 28.6 Å². The van der Waals surface area contributed by atoms with Crippen molar-refractivity contribution in [3.8, 4) is 6.07 Å². The first-order valence-corrected chi connectivity index (χ1v) is 10.9. The quantitative estimate of drug-likeness (QED) is 0.753. The Morgan fingerprint density at radius 3 is 2.80 bits per heavy atom. The summed E-state index contributed by atoms with van der Waals surface area (Å²) in [5.74, 6) is 1.82. The molecule has 136 valence electrons. The predicted molar refractivity (Wildman–Crippen MR) is 98.8 cm³/mol. The number of likely N-dealkylation sites (tertiary alicyclic amines) is 1. The Balaban J connectivity index is 1.49. The lowest BCUT2D eigenvalue weighted by atomic mass is 9.77. The minimum absolute atomic E-state index is 0.0336. The highest BCUT2D eigenvalue weighted by Crippen LogP contribution is 2.48. The van der Waals surface area contributed by atoms with Crippen LogP contribution in [-0.2, 0) is 9.53 Å². The van der Waals surface area contributed by atoms with E-state index < -0.39 is 5.41 Å². The van der Waals surface area contributed by atoms with Crippen molar-refractivity contribution in [1.82, 2.24) is 4.90 Å². The lowest BCUT2D eigenvalue weighted by molar-refractivity contribution is -0.139. The number of hydrogen-bond acceptors (Lipinski definition) is 4. The van der Waals surface area contributed by atoms with Crippen LogP contribution in [0.4, 0.5) is 0 Å². The van der Waals surface area contributed by atoms with E-state index in [2.05, 4.69) is 17.0 Å². The minimum Gasteiger partial charge on any atom is -0.381 e. The number of carbonyl (C=O) groups is 1. The summed E-state index contributed by atoms with van der Waals surface area (Å²) in [5, 5.41) is 9.77. The van der Waals surface area contributed by atoms with Gasteiger partial charge in [-0.15, -0.1) is 11.8 Å². The normalized spacial score (nSPS) is 34.8. The molecule has 3 unspecified atom stereocenters. The molecule has 1 amide bonds. The lowest BCUT2D eigenvalue weighted by Crippen LogP contribution is -2.51. The van der Waals surface area contributed by atoms with E-state index in [1.165, 1.54) is 32.1 Å². The average molecular weight is 361 g/mol. The lowest BCUT2D eigenvalue weighted by Gasteiger charge is -2.44. The molecule has 0 aromatic carbocycles. The highest BCUT2D eigenvalue weighted by Gasteiger charge is 2.43.